The molecule has 132 valence electrons. The topological polar surface area (TPSA) is 63.5 Å². The molecule has 2 aliphatic heterocycles. The summed E-state index contributed by atoms with van der Waals surface area (Å²) in [6.07, 6.45) is 8.80. The lowest BCUT2D eigenvalue weighted by atomic mass is 10.1. The van der Waals surface area contributed by atoms with Gasteiger partial charge in [-0.15, -0.1) is 10.2 Å². The van der Waals surface area contributed by atoms with Crippen LogP contribution in [0.15, 0.2) is 6.33 Å². The van der Waals surface area contributed by atoms with E-state index in [4.69, 9.17) is 4.74 Å². The van der Waals surface area contributed by atoms with Crippen molar-refractivity contribution in [3.05, 3.63) is 12.2 Å². The van der Waals surface area contributed by atoms with Crippen LogP contribution in [0.3, 0.4) is 0 Å². The monoisotopic (exact) mass is 333 g/mol. The molecule has 1 saturated carbocycles. The number of nitrogens with zero attached hydrogens (tertiary/aromatic N) is 5. The first-order valence-electron chi connectivity index (χ1n) is 9.24. The van der Waals surface area contributed by atoms with Crippen molar-refractivity contribution in [3.63, 3.8) is 0 Å². The fourth-order valence-corrected chi connectivity index (χ4v) is 4.53. The molecule has 7 nitrogen and oxygen atoms in total. The van der Waals surface area contributed by atoms with Gasteiger partial charge >= 0.3 is 0 Å². The van der Waals surface area contributed by atoms with Crippen molar-refractivity contribution in [2.45, 2.75) is 56.7 Å². The molecule has 1 aliphatic carbocycles. The third-order valence-corrected chi connectivity index (χ3v) is 5.79. The van der Waals surface area contributed by atoms with Gasteiger partial charge in [-0.25, -0.2) is 0 Å². The average molecular weight is 333 g/mol. The highest BCUT2D eigenvalue weighted by Crippen LogP contribution is 2.31. The van der Waals surface area contributed by atoms with Crippen LogP contribution >= 0.6 is 0 Å². The van der Waals surface area contributed by atoms with E-state index in [-0.39, 0.29) is 18.1 Å². The highest BCUT2D eigenvalue weighted by Gasteiger charge is 2.40. The lowest BCUT2D eigenvalue weighted by molar-refractivity contribution is -0.144. The van der Waals surface area contributed by atoms with Gasteiger partial charge in [0.05, 0.1) is 19.2 Å². The van der Waals surface area contributed by atoms with Crippen molar-refractivity contribution in [1.29, 1.82) is 0 Å². The minimum absolute atomic E-state index is 0.0753. The zero-order valence-electron chi connectivity index (χ0n) is 14.4. The lowest BCUT2D eigenvalue weighted by Crippen LogP contribution is -2.52. The Bertz CT molecular complexity index is 583. The maximum atomic E-state index is 13.2. The van der Waals surface area contributed by atoms with Gasteiger partial charge in [-0.1, -0.05) is 12.8 Å². The Labute approximate surface area is 143 Å². The molecular formula is C17H27N5O2. The lowest BCUT2D eigenvalue weighted by Gasteiger charge is -2.37. The predicted molar refractivity (Wildman–Crippen MR) is 88.3 cm³/mol. The second-order valence-corrected chi connectivity index (χ2v) is 7.28. The van der Waals surface area contributed by atoms with Crippen molar-refractivity contribution >= 4 is 5.91 Å². The Morgan fingerprint density at radius 3 is 2.79 bits per heavy atom. The van der Waals surface area contributed by atoms with Gasteiger partial charge in [0.2, 0.25) is 5.91 Å². The number of ether oxygens (including phenoxy) is 1. The number of aryl methyl sites for hydroxylation is 1. The van der Waals surface area contributed by atoms with Crippen molar-refractivity contribution in [3.8, 4) is 0 Å². The maximum absolute atomic E-state index is 13.2. The molecule has 1 aromatic heterocycles. The molecule has 0 aromatic carbocycles. The summed E-state index contributed by atoms with van der Waals surface area (Å²) in [7, 11) is 1.91. The first-order chi connectivity index (χ1) is 11.7. The highest BCUT2D eigenvalue weighted by atomic mass is 16.5. The molecule has 3 fully saturated rings. The summed E-state index contributed by atoms with van der Waals surface area (Å²) in [6, 6.07) is 0.698. The van der Waals surface area contributed by atoms with E-state index in [2.05, 4.69) is 15.1 Å². The quantitative estimate of drug-likeness (QED) is 0.829. The highest BCUT2D eigenvalue weighted by molar-refractivity contribution is 5.82. The Hall–Kier alpha value is -1.47. The summed E-state index contributed by atoms with van der Waals surface area (Å²) < 4.78 is 7.72. The van der Waals surface area contributed by atoms with Crippen LogP contribution in [0.25, 0.3) is 0 Å². The number of hydrogen-bond donors (Lipinski definition) is 0. The number of likely N-dealkylation sites (tertiary alicyclic amines) is 1. The Balaban J connectivity index is 1.44. The third-order valence-electron chi connectivity index (χ3n) is 5.79. The van der Waals surface area contributed by atoms with E-state index in [1.54, 1.807) is 6.33 Å². The zero-order valence-corrected chi connectivity index (χ0v) is 14.4. The normalized spacial score (nSPS) is 29.5. The number of amides is 1. The van der Waals surface area contributed by atoms with Gasteiger partial charge in [0.15, 0.2) is 5.82 Å². The summed E-state index contributed by atoms with van der Waals surface area (Å²) in [6.45, 7) is 2.92. The van der Waals surface area contributed by atoms with Crippen molar-refractivity contribution in [2.24, 2.45) is 7.05 Å². The van der Waals surface area contributed by atoms with Crippen LogP contribution in [0, 0.1) is 0 Å². The number of carbonyl (C=O) groups excluding carboxylic acids is 1. The predicted octanol–water partition coefficient (Wildman–Crippen LogP) is 1.12. The van der Waals surface area contributed by atoms with E-state index in [9.17, 15) is 4.79 Å². The molecule has 7 heteroatoms. The average Bonchev–Trinajstić information content (AvgIpc) is 3.34. The fraction of sp³-hybridized carbons (Fsp3) is 0.824. The van der Waals surface area contributed by atoms with Crippen LogP contribution < -0.4 is 0 Å². The first-order valence-corrected chi connectivity index (χ1v) is 9.24. The number of hydrogen-bond acceptors (Lipinski definition) is 5. The minimum atomic E-state index is -0.170. The van der Waals surface area contributed by atoms with E-state index in [0.717, 1.165) is 25.2 Å². The molecule has 4 rings (SSSR count). The van der Waals surface area contributed by atoms with E-state index in [1.807, 2.05) is 16.5 Å². The summed E-state index contributed by atoms with van der Waals surface area (Å²) in [5.41, 5.74) is 0. The molecule has 0 unspecified atom stereocenters. The largest absolute Gasteiger partial charge is 0.366 e. The molecule has 2 atom stereocenters. The van der Waals surface area contributed by atoms with E-state index >= 15 is 0 Å². The summed E-state index contributed by atoms with van der Waals surface area (Å²) in [4.78, 5) is 17.6. The molecule has 0 bridgehead atoms. The molecule has 0 N–H and O–H groups in total. The molecule has 24 heavy (non-hydrogen) atoms. The second kappa shape index (κ2) is 6.80. The van der Waals surface area contributed by atoms with E-state index < -0.39 is 0 Å². The van der Waals surface area contributed by atoms with Crippen LogP contribution in [0.1, 0.15) is 50.5 Å². The summed E-state index contributed by atoms with van der Waals surface area (Å²) >= 11 is 0. The van der Waals surface area contributed by atoms with Gasteiger partial charge in [0.25, 0.3) is 0 Å². The minimum Gasteiger partial charge on any atom is -0.366 e. The van der Waals surface area contributed by atoms with Gasteiger partial charge < -0.3 is 14.2 Å². The maximum Gasteiger partial charge on any atom is 0.240 e. The van der Waals surface area contributed by atoms with Gasteiger partial charge in [-0.3, -0.25) is 9.69 Å². The van der Waals surface area contributed by atoms with Crippen molar-refractivity contribution in [1.82, 2.24) is 24.6 Å². The summed E-state index contributed by atoms with van der Waals surface area (Å²) in [5.74, 6) is 1.08. The van der Waals surface area contributed by atoms with Crippen LogP contribution in [-0.4, -0.2) is 68.8 Å². The number of morpholine rings is 1. The molecule has 0 radical (unpaired) electrons. The van der Waals surface area contributed by atoms with E-state index in [0.29, 0.717) is 25.7 Å². The van der Waals surface area contributed by atoms with Gasteiger partial charge in [-0.05, 0) is 32.2 Å². The van der Waals surface area contributed by atoms with E-state index in [1.165, 1.54) is 25.7 Å². The van der Waals surface area contributed by atoms with Crippen LogP contribution in [0.2, 0.25) is 0 Å². The summed E-state index contributed by atoms with van der Waals surface area (Å²) in [5, 5.41) is 8.08. The van der Waals surface area contributed by atoms with Crippen LogP contribution in [0.4, 0.5) is 0 Å². The number of carbonyl (C=O) groups is 1. The molecule has 1 aromatic rings. The smallest absolute Gasteiger partial charge is 0.240 e. The van der Waals surface area contributed by atoms with Crippen molar-refractivity contribution < 1.29 is 9.53 Å². The number of rotatable bonds is 3. The molecule has 2 saturated heterocycles. The molecule has 1 amide bonds. The zero-order chi connectivity index (χ0) is 16.5. The Morgan fingerprint density at radius 2 is 2.04 bits per heavy atom. The first kappa shape index (κ1) is 16.0. The Kier molecular flexibility index (Phi) is 4.54. The number of aromatic nitrogens is 3. The second-order valence-electron chi connectivity index (χ2n) is 7.28. The van der Waals surface area contributed by atoms with Gasteiger partial charge in [0, 0.05) is 19.6 Å². The molecule has 3 aliphatic rings. The molecule has 0 spiro atoms. The van der Waals surface area contributed by atoms with Gasteiger partial charge in [0.1, 0.15) is 12.4 Å². The third kappa shape index (κ3) is 2.95. The molecule has 3 heterocycles. The SMILES string of the molecule is Cn1cnnc1[C@H]1CN(C(=O)[C@H]2CCCN2C2CCCC2)CCO1. The fourth-order valence-electron chi connectivity index (χ4n) is 4.53. The van der Waals surface area contributed by atoms with Crippen LogP contribution in [-0.2, 0) is 16.6 Å². The Morgan fingerprint density at radius 1 is 1.21 bits per heavy atom. The van der Waals surface area contributed by atoms with Crippen molar-refractivity contribution in [2.75, 3.05) is 26.2 Å². The van der Waals surface area contributed by atoms with Gasteiger partial charge in [-0.2, -0.15) is 0 Å². The molecular weight excluding hydrogens is 306 g/mol. The van der Waals surface area contributed by atoms with Crippen LogP contribution in [0.5, 0.6) is 0 Å². The standard InChI is InChI=1S/C17H27N5O2/c1-20-12-18-19-16(20)15-11-21(9-10-24-15)17(23)14-7-4-8-22(14)13-5-2-3-6-13/h12-15H,2-11H2,1H3/t14-,15-/m1/s1.